The molecule has 1 aliphatic rings. The predicted molar refractivity (Wildman–Crippen MR) is 78.8 cm³/mol. The number of benzene rings is 1. The van der Waals surface area contributed by atoms with Gasteiger partial charge in [0, 0.05) is 13.1 Å². The van der Waals surface area contributed by atoms with Gasteiger partial charge in [-0.15, -0.1) is 0 Å². The SMILES string of the molecule is Cc1ccc2oc(N(C)C3CCS(=O)(=O)CC3)nc2c1. The number of hydrogen-bond acceptors (Lipinski definition) is 5. The van der Waals surface area contributed by atoms with E-state index < -0.39 is 9.84 Å². The number of hydrogen-bond donors (Lipinski definition) is 0. The normalized spacial score (nSPS) is 19.3. The van der Waals surface area contributed by atoms with E-state index in [1.807, 2.05) is 37.1 Å². The van der Waals surface area contributed by atoms with Gasteiger partial charge in [-0.25, -0.2) is 8.42 Å². The summed E-state index contributed by atoms with van der Waals surface area (Å²) >= 11 is 0. The van der Waals surface area contributed by atoms with Crippen molar-refractivity contribution in [1.82, 2.24) is 4.98 Å². The molecule has 1 aromatic heterocycles. The average Bonchev–Trinajstić information content (AvgIpc) is 2.80. The van der Waals surface area contributed by atoms with E-state index in [0.717, 1.165) is 16.7 Å². The first-order chi connectivity index (χ1) is 9.44. The van der Waals surface area contributed by atoms with Gasteiger partial charge in [-0.1, -0.05) is 6.07 Å². The Labute approximate surface area is 118 Å². The zero-order valence-corrected chi connectivity index (χ0v) is 12.5. The van der Waals surface area contributed by atoms with Gasteiger partial charge in [0.05, 0.1) is 11.5 Å². The molecule has 20 heavy (non-hydrogen) atoms. The molecule has 0 amide bonds. The number of anilines is 1. The molecular weight excluding hydrogens is 276 g/mol. The minimum atomic E-state index is -2.84. The number of oxazole rings is 1. The molecule has 0 radical (unpaired) electrons. The summed E-state index contributed by atoms with van der Waals surface area (Å²) in [5.74, 6) is 0.503. The van der Waals surface area contributed by atoms with Crippen molar-refractivity contribution in [3.8, 4) is 0 Å². The molecule has 0 aliphatic carbocycles. The van der Waals surface area contributed by atoms with Crippen LogP contribution in [0.25, 0.3) is 11.1 Å². The van der Waals surface area contributed by atoms with E-state index in [1.54, 1.807) is 0 Å². The molecule has 5 nitrogen and oxygen atoms in total. The summed E-state index contributed by atoms with van der Waals surface area (Å²) in [4.78, 5) is 6.46. The first kappa shape index (κ1) is 13.4. The summed E-state index contributed by atoms with van der Waals surface area (Å²) in [6, 6.07) is 6.63. The van der Waals surface area contributed by atoms with E-state index in [2.05, 4.69) is 4.98 Å². The Hall–Kier alpha value is -1.56. The second kappa shape index (κ2) is 4.77. The molecule has 0 bridgehead atoms. The zero-order chi connectivity index (χ0) is 14.3. The van der Waals surface area contributed by atoms with Crippen molar-refractivity contribution >= 4 is 27.0 Å². The maximum Gasteiger partial charge on any atom is 0.298 e. The molecule has 1 aromatic carbocycles. The third-order valence-corrected chi connectivity index (χ3v) is 5.62. The first-order valence-corrected chi connectivity index (χ1v) is 8.57. The van der Waals surface area contributed by atoms with Crippen LogP contribution in [0.2, 0.25) is 0 Å². The standard InChI is InChI=1S/C14H18N2O3S/c1-10-3-4-13-12(9-10)15-14(19-13)16(2)11-5-7-20(17,18)8-6-11/h3-4,9,11H,5-8H2,1-2H3. The lowest BCUT2D eigenvalue weighted by Gasteiger charge is -2.29. The number of aromatic nitrogens is 1. The molecule has 2 aromatic rings. The molecule has 0 saturated carbocycles. The van der Waals surface area contributed by atoms with E-state index in [1.165, 1.54) is 0 Å². The number of nitrogens with zero attached hydrogens (tertiary/aromatic N) is 2. The predicted octanol–water partition coefficient (Wildman–Crippen LogP) is 2.15. The maximum atomic E-state index is 11.5. The molecule has 1 fully saturated rings. The Morgan fingerprint density at radius 3 is 2.70 bits per heavy atom. The second-order valence-corrected chi connectivity index (χ2v) is 7.77. The van der Waals surface area contributed by atoms with Gasteiger partial charge in [-0.2, -0.15) is 4.98 Å². The fourth-order valence-corrected chi connectivity index (χ4v) is 4.06. The van der Waals surface area contributed by atoms with Gasteiger partial charge in [0.25, 0.3) is 6.01 Å². The third kappa shape index (κ3) is 2.52. The monoisotopic (exact) mass is 294 g/mol. The van der Waals surface area contributed by atoms with Crippen LogP contribution in [0.4, 0.5) is 6.01 Å². The van der Waals surface area contributed by atoms with E-state index in [9.17, 15) is 8.42 Å². The van der Waals surface area contributed by atoms with Gasteiger partial charge < -0.3 is 9.32 Å². The highest BCUT2D eigenvalue weighted by Gasteiger charge is 2.28. The van der Waals surface area contributed by atoms with Gasteiger partial charge in [0.2, 0.25) is 0 Å². The summed E-state index contributed by atoms with van der Waals surface area (Å²) in [6.45, 7) is 2.02. The lowest BCUT2D eigenvalue weighted by atomic mass is 10.1. The molecule has 108 valence electrons. The average molecular weight is 294 g/mol. The Kier molecular flexibility index (Phi) is 3.20. The van der Waals surface area contributed by atoms with E-state index in [4.69, 9.17) is 4.42 Å². The number of aryl methyl sites for hydroxylation is 1. The molecule has 1 aliphatic heterocycles. The maximum absolute atomic E-state index is 11.5. The van der Waals surface area contributed by atoms with Crippen molar-refractivity contribution in [1.29, 1.82) is 0 Å². The molecule has 0 N–H and O–H groups in total. The first-order valence-electron chi connectivity index (χ1n) is 6.75. The quantitative estimate of drug-likeness (QED) is 0.849. The highest BCUT2D eigenvalue weighted by molar-refractivity contribution is 7.91. The van der Waals surface area contributed by atoms with Crippen molar-refractivity contribution in [3.05, 3.63) is 23.8 Å². The molecule has 2 heterocycles. The van der Waals surface area contributed by atoms with Crippen LogP contribution < -0.4 is 4.90 Å². The van der Waals surface area contributed by atoms with Crippen LogP contribution in [0.3, 0.4) is 0 Å². The van der Waals surface area contributed by atoms with Gasteiger partial charge in [0.15, 0.2) is 5.58 Å². The summed E-state index contributed by atoms with van der Waals surface area (Å²) in [6.07, 6.45) is 1.27. The largest absolute Gasteiger partial charge is 0.423 e. The van der Waals surface area contributed by atoms with Crippen LogP contribution in [-0.2, 0) is 9.84 Å². The van der Waals surface area contributed by atoms with Gasteiger partial charge >= 0.3 is 0 Å². The molecule has 0 unspecified atom stereocenters. The van der Waals surface area contributed by atoms with Crippen LogP contribution in [0.5, 0.6) is 0 Å². The molecule has 0 atom stereocenters. The van der Waals surface area contributed by atoms with Crippen LogP contribution in [0.15, 0.2) is 22.6 Å². The van der Waals surface area contributed by atoms with Crippen LogP contribution in [-0.4, -0.2) is 38.0 Å². The summed E-state index contributed by atoms with van der Waals surface area (Å²) in [5.41, 5.74) is 2.75. The minimum absolute atomic E-state index is 0.174. The van der Waals surface area contributed by atoms with Crippen molar-refractivity contribution in [2.75, 3.05) is 23.5 Å². The molecule has 0 spiro atoms. The summed E-state index contributed by atoms with van der Waals surface area (Å²) in [7, 11) is -0.922. The fraction of sp³-hybridized carbons (Fsp3) is 0.500. The Morgan fingerprint density at radius 2 is 2.00 bits per heavy atom. The Morgan fingerprint density at radius 1 is 1.30 bits per heavy atom. The molecule has 6 heteroatoms. The van der Waals surface area contributed by atoms with Crippen molar-refractivity contribution in [3.63, 3.8) is 0 Å². The van der Waals surface area contributed by atoms with Crippen molar-refractivity contribution in [2.45, 2.75) is 25.8 Å². The van der Waals surface area contributed by atoms with E-state index in [-0.39, 0.29) is 17.5 Å². The van der Waals surface area contributed by atoms with Crippen molar-refractivity contribution < 1.29 is 12.8 Å². The van der Waals surface area contributed by atoms with Crippen LogP contribution in [0, 0.1) is 6.92 Å². The second-order valence-electron chi connectivity index (χ2n) is 5.46. The molecule has 1 saturated heterocycles. The lowest BCUT2D eigenvalue weighted by Crippen LogP contribution is -2.39. The number of rotatable bonds is 2. The highest BCUT2D eigenvalue weighted by Crippen LogP contribution is 2.26. The Balaban J connectivity index is 1.83. The number of sulfone groups is 1. The van der Waals surface area contributed by atoms with Crippen LogP contribution in [0.1, 0.15) is 18.4 Å². The summed E-state index contributed by atoms with van der Waals surface area (Å²) in [5, 5.41) is 0. The van der Waals surface area contributed by atoms with E-state index >= 15 is 0 Å². The molecular formula is C14H18N2O3S. The minimum Gasteiger partial charge on any atom is -0.423 e. The highest BCUT2D eigenvalue weighted by atomic mass is 32.2. The Bertz CT molecular complexity index is 722. The van der Waals surface area contributed by atoms with Gasteiger partial charge in [0.1, 0.15) is 15.4 Å². The fourth-order valence-electron chi connectivity index (χ4n) is 2.60. The van der Waals surface area contributed by atoms with Crippen molar-refractivity contribution in [2.24, 2.45) is 0 Å². The van der Waals surface area contributed by atoms with Gasteiger partial charge in [-0.05, 0) is 37.5 Å². The third-order valence-electron chi connectivity index (χ3n) is 3.91. The van der Waals surface area contributed by atoms with Crippen LogP contribution >= 0.6 is 0 Å². The topological polar surface area (TPSA) is 63.4 Å². The molecule has 3 rings (SSSR count). The smallest absolute Gasteiger partial charge is 0.298 e. The number of fused-ring (bicyclic) bond motifs is 1. The summed E-state index contributed by atoms with van der Waals surface area (Å²) < 4.78 is 28.7. The zero-order valence-electron chi connectivity index (χ0n) is 11.7. The lowest BCUT2D eigenvalue weighted by molar-refractivity contribution is 0.495. The van der Waals surface area contributed by atoms with Gasteiger partial charge in [-0.3, -0.25) is 0 Å². The van der Waals surface area contributed by atoms with E-state index in [0.29, 0.717) is 18.9 Å².